The molecule has 0 radical (unpaired) electrons. The lowest BCUT2D eigenvalue weighted by molar-refractivity contribution is 0.276. The van der Waals surface area contributed by atoms with Gasteiger partial charge in [-0.15, -0.1) is 5.10 Å². The highest BCUT2D eigenvalue weighted by molar-refractivity contribution is 5.44. The molecule has 0 spiro atoms. The van der Waals surface area contributed by atoms with E-state index in [0.29, 0.717) is 12.0 Å². The molecule has 19 heavy (non-hydrogen) atoms. The van der Waals surface area contributed by atoms with Crippen molar-refractivity contribution in [3.8, 4) is 0 Å². The van der Waals surface area contributed by atoms with E-state index in [0.717, 1.165) is 17.5 Å². The zero-order chi connectivity index (χ0) is 13.4. The molecule has 0 amide bonds. The van der Waals surface area contributed by atoms with Gasteiger partial charge < -0.3 is 5.32 Å². The number of anilines is 1. The Balaban J connectivity index is 1.77. The minimum absolute atomic E-state index is 0.509. The lowest BCUT2D eigenvalue weighted by atomic mass is 9.80. The fraction of sp³-hybridized carbons (Fsp3) is 0.600. The summed E-state index contributed by atoms with van der Waals surface area (Å²) in [6, 6.07) is 4.59. The summed E-state index contributed by atoms with van der Waals surface area (Å²) in [7, 11) is 0. The molecule has 3 unspecified atom stereocenters. The van der Waals surface area contributed by atoms with Crippen LogP contribution in [0.15, 0.2) is 18.3 Å². The molecule has 1 aliphatic rings. The largest absolute Gasteiger partial charge is 0.350 e. The maximum Gasteiger partial charge on any atom is 0.243 e. The maximum atomic E-state index is 4.54. The van der Waals surface area contributed by atoms with Gasteiger partial charge in [0, 0.05) is 12.2 Å². The van der Waals surface area contributed by atoms with Crippen LogP contribution in [0.25, 0.3) is 5.65 Å². The van der Waals surface area contributed by atoms with Gasteiger partial charge in [0.15, 0.2) is 5.65 Å². The van der Waals surface area contributed by atoms with Crippen molar-refractivity contribution in [3.63, 3.8) is 0 Å². The predicted octanol–water partition coefficient (Wildman–Crippen LogP) is 3.27. The second-order valence-corrected chi connectivity index (χ2v) is 6.09. The molecule has 0 aliphatic heterocycles. The minimum atomic E-state index is 0.509. The number of hydrogen-bond acceptors (Lipinski definition) is 3. The summed E-state index contributed by atoms with van der Waals surface area (Å²) in [6.07, 6.45) is 5.83. The van der Waals surface area contributed by atoms with E-state index in [9.17, 15) is 0 Å². The van der Waals surface area contributed by atoms with E-state index in [1.807, 2.05) is 16.8 Å². The summed E-state index contributed by atoms with van der Waals surface area (Å²) in [5.41, 5.74) is 2.11. The smallest absolute Gasteiger partial charge is 0.243 e. The first-order valence-electron chi connectivity index (χ1n) is 7.21. The lowest BCUT2D eigenvalue weighted by Crippen LogP contribution is -2.33. The van der Waals surface area contributed by atoms with Gasteiger partial charge in [0.05, 0.1) is 0 Å². The van der Waals surface area contributed by atoms with Crippen LogP contribution in [-0.2, 0) is 0 Å². The second-order valence-electron chi connectivity index (χ2n) is 6.09. The van der Waals surface area contributed by atoms with Crippen LogP contribution in [0.4, 0.5) is 5.95 Å². The molecule has 2 aromatic rings. The Labute approximate surface area is 114 Å². The summed E-state index contributed by atoms with van der Waals surface area (Å²) < 4.78 is 1.85. The summed E-state index contributed by atoms with van der Waals surface area (Å²) in [5, 5.41) is 8.03. The Kier molecular flexibility index (Phi) is 3.17. The van der Waals surface area contributed by atoms with E-state index < -0.39 is 0 Å². The zero-order valence-electron chi connectivity index (χ0n) is 11.9. The normalized spacial score (nSPS) is 27.6. The van der Waals surface area contributed by atoms with Crippen LogP contribution < -0.4 is 5.32 Å². The summed E-state index contributed by atoms with van der Waals surface area (Å²) in [5.74, 6) is 2.30. The monoisotopic (exact) mass is 258 g/mol. The number of hydrogen-bond donors (Lipinski definition) is 1. The van der Waals surface area contributed by atoms with Gasteiger partial charge in [-0.05, 0) is 49.7 Å². The minimum Gasteiger partial charge on any atom is -0.350 e. The molecular formula is C15H22N4. The molecule has 0 saturated heterocycles. The molecule has 3 rings (SSSR count). The van der Waals surface area contributed by atoms with Crippen molar-refractivity contribution in [1.82, 2.24) is 14.6 Å². The third-order valence-electron chi connectivity index (χ3n) is 4.22. The van der Waals surface area contributed by atoms with E-state index in [1.165, 1.54) is 24.8 Å². The van der Waals surface area contributed by atoms with Crippen LogP contribution in [0.3, 0.4) is 0 Å². The lowest BCUT2D eigenvalue weighted by Gasteiger charge is -2.32. The highest BCUT2D eigenvalue weighted by Crippen LogP contribution is 2.30. The van der Waals surface area contributed by atoms with Crippen LogP contribution in [0, 0.1) is 18.8 Å². The molecule has 0 bridgehead atoms. The Bertz CT molecular complexity index is 575. The van der Waals surface area contributed by atoms with Gasteiger partial charge in [-0.2, -0.15) is 4.98 Å². The molecule has 102 valence electrons. The summed E-state index contributed by atoms with van der Waals surface area (Å²) in [4.78, 5) is 4.54. The van der Waals surface area contributed by atoms with Crippen molar-refractivity contribution >= 4 is 11.6 Å². The van der Waals surface area contributed by atoms with Crippen molar-refractivity contribution in [3.05, 3.63) is 23.9 Å². The fourth-order valence-electron chi connectivity index (χ4n) is 3.09. The Hall–Kier alpha value is -1.58. The molecule has 1 saturated carbocycles. The van der Waals surface area contributed by atoms with Crippen molar-refractivity contribution in [2.24, 2.45) is 11.8 Å². The third kappa shape index (κ3) is 2.57. The fourth-order valence-corrected chi connectivity index (χ4v) is 3.09. The molecule has 4 heteroatoms. The SMILES string of the molecule is Cc1ccc2nc(NC3CCC(C)CC3C)nn2c1. The van der Waals surface area contributed by atoms with Gasteiger partial charge in [0.25, 0.3) is 0 Å². The van der Waals surface area contributed by atoms with Gasteiger partial charge >= 0.3 is 0 Å². The third-order valence-corrected chi connectivity index (χ3v) is 4.22. The molecule has 1 aliphatic carbocycles. The Morgan fingerprint density at radius 3 is 2.89 bits per heavy atom. The molecule has 2 heterocycles. The number of rotatable bonds is 2. The van der Waals surface area contributed by atoms with Crippen molar-refractivity contribution in [2.75, 3.05) is 5.32 Å². The Morgan fingerprint density at radius 1 is 1.26 bits per heavy atom. The van der Waals surface area contributed by atoms with E-state index in [-0.39, 0.29) is 0 Å². The van der Waals surface area contributed by atoms with Crippen LogP contribution >= 0.6 is 0 Å². The van der Waals surface area contributed by atoms with E-state index in [4.69, 9.17) is 0 Å². The van der Waals surface area contributed by atoms with Crippen molar-refractivity contribution in [1.29, 1.82) is 0 Å². The van der Waals surface area contributed by atoms with Gasteiger partial charge in [0.2, 0.25) is 5.95 Å². The molecular weight excluding hydrogens is 236 g/mol. The van der Waals surface area contributed by atoms with Gasteiger partial charge in [-0.1, -0.05) is 19.9 Å². The first-order valence-corrected chi connectivity index (χ1v) is 7.21. The molecule has 1 fully saturated rings. The average molecular weight is 258 g/mol. The van der Waals surface area contributed by atoms with E-state index in [2.05, 4.69) is 42.2 Å². The predicted molar refractivity (Wildman–Crippen MR) is 77.3 cm³/mol. The van der Waals surface area contributed by atoms with Gasteiger partial charge in [-0.3, -0.25) is 0 Å². The topological polar surface area (TPSA) is 42.2 Å². The highest BCUT2D eigenvalue weighted by Gasteiger charge is 2.26. The number of aromatic nitrogens is 3. The van der Waals surface area contributed by atoms with E-state index >= 15 is 0 Å². The first kappa shape index (κ1) is 12.5. The number of pyridine rings is 1. The Morgan fingerprint density at radius 2 is 2.11 bits per heavy atom. The van der Waals surface area contributed by atoms with Crippen LogP contribution in [0.1, 0.15) is 38.7 Å². The van der Waals surface area contributed by atoms with Crippen molar-refractivity contribution in [2.45, 2.75) is 46.1 Å². The number of fused-ring (bicyclic) bond motifs is 1. The summed E-state index contributed by atoms with van der Waals surface area (Å²) >= 11 is 0. The van der Waals surface area contributed by atoms with Crippen LogP contribution in [0.5, 0.6) is 0 Å². The quantitative estimate of drug-likeness (QED) is 0.899. The maximum absolute atomic E-state index is 4.54. The molecule has 1 N–H and O–H groups in total. The molecule has 3 atom stereocenters. The number of nitrogens with one attached hydrogen (secondary N) is 1. The van der Waals surface area contributed by atoms with Crippen LogP contribution in [0.2, 0.25) is 0 Å². The van der Waals surface area contributed by atoms with E-state index in [1.54, 1.807) is 0 Å². The van der Waals surface area contributed by atoms with Gasteiger partial charge in [-0.25, -0.2) is 4.52 Å². The first-order chi connectivity index (χ1) is 9.11. The summed E-state index contributed by atoms with van der Waals surface area (Å²) in [6.45, 7) is 6.74. The average Bonchev–Trinajstić information content (AvgIpc) is 2.74. The molecule has 2 aromatic heterocycles. The van der Waals surface area contributed by atoms with Gasteiger partial charge in [0.1, 0.15) is 0 Å². The standard InChI is InChI=1S/C15H22N4/c1-10-4-6-13(12(3)8-10)16-15-17-14-7-5-11(2)9-19(14)18-15/h5,7,9-10,12-13H,4,6,8H2,1-3H3,(H,16,18). The number of aryl methyl sites for hydroxylation is 1. The van der Waals surface area contributed by atoms with Crippen LogP contribution in [-0.4, -0.2) is 20.6 Å². The zero-order valence-corrected chi connectivity index (χ0v) is 11.9. The highest BCUT2D eigenvalue weighted by atomic mass is 15.3. The van der Waals surface area contributed by atoms with Crippen molar-refractivity contribution < 1.29 is 0 Å². The second kappa shape index (κ2) is 4.83. The number of nitrogens with zero attached hydrogens (tertiary/aromatic N) is 3. The molecule has 0 aromatic carbocycles. The molecule has 4 nitrogen and oxygen atoms in total.